The summed E-state index contributed by atoms with van der Waals surface area (Å²) in [5.74, 6) is 0.183. The Labute approximate surface area is 107 Å². The third-order valence-corrected chi connectivity index (χ3v) is 4.07. The smallest absolute Gasteiger partial charge is 0.227 e. The normalized spacial score (nSPS) is 30.5. The first-order chi connectivity index (χ1) is 8.74. The van der Waals surface area contributed by atoms with Crippen LogP contribution in [0.3, 0.4) is 0 Å². The largest absolute Gasteiger partial charge is 0.393 e. The number of rotatable bonds is 2. The van der Waals surface area contributed by atoms with Gasteiger partial charge in [-0.2, -0.15) is 0 Å². The summed E-state index contributed by atoms with van der Waals surface area (Å²) < 4.78 is 0. The number of aliphatic hydroxyl groups excluding tert-OH is 1. The highest BCUT2D eigenvalue weighted by atomic mass is 16.3. The minimum absolute atomic E-state index is 0.183. The number of aliphatic hydroxyl groups is 1. The van der Waals surface area contributed by atoms with E-state index in [1.165, 1.54) is 0 Å². The zero-order valence-electron chi connectivity index (χ0n) is 10.3. The van der Waals surface area contributed by atoms with Crippen molar-refractivity contribution in [2.24, 2.45) is 0 Å². The number of aromatic nitrogens is 1. The highest BCUT2D eigenvalue weighted by Gasteiger charge is 2.42. The van der Waals surface area contributed by atoms with E-state index in [-0.39, 0.29) is 24.1 Å². The van der Waals surface area contributed by atoms with Crippen LogP contribution in [0.25, 0.3) is 0 Å². The van der Waals surface area contributed by atoms with Crippen molar-refractivity contribution in [1.82, 2.24) is 9.88 Å². The first-order valence-corrected chi connectivity index (χ1v) is 6.62. The highest BCUT2D eigenvalue weighted by molar-refractivity contribution is 5.79. The summed E-state index contributed by atoms with van der Waals surface area (Å²) in [6.45, 7) is 0. The number of piperidine rings is 1. The molecule has 2 aliphatic rings. The molecule has 1 aromatic rings. The van der Waals surface area contributed by atoms with Gasteiger partial charge in [-0.25, -0.2) is 0 Å². The van der Waals surface area contributed by atoms with Crippen LogP contribution < -0.4 is 0 Å². The molecule has 0 spiro atoms. The van der Waals surface area contributed by atoms with E-state index in [9.17, 15) is 9.90 Å². The number of hydrogen-bond donors (Lipinski definition) is 1. The third kappa shape index (κ3) is 2.12. The second kappa shape index (κ2) is 4.69. The summed E-state index contributed by atoms with van der Waals surface area (Å²) in [5, 5.41) is 9.73. The van der Waals surface area contributed by atoms with Gasteiger partial charge < -0.3 is 10.0 Å². The number of pyridine rings is 1. The molecule has 0 radical (unpaired) electrons. The predicted octanol–water partition coefficient (Wildman–Crippen LogP) is 1.14. The van der Waals surface area contributed by atoms with Crippen LogP contribution in [0.4, 0.5) is 0 Å². The Kier molecular flexibility index (Phi) is 3.04. The van der Waals surface area contributed by atoms with Gasteiger partial charge in [-0.3, -0.25) is 9.78 Å². The van der Waals surface area contributed by atoms with E-state index in [0.717, 1.165) is 31.2 Å². The fourth-order valence-electron chi connectivity index (χ4n) is 3.32. The van der Waals surface area contributed by atoms with Crippen molar-refractivity contribution in [3.8, 4) is 0 Å². The van der Waals surface area contributed by atoms with E-state index in [2.05, 4.69) is 4.98 Å². The molecule has 2 bridgehead atoms. The second-order valence-electron chi connectivity index (χ2n) is 5.35. The van der Waals surface area contributed by atoms with Crippen molar-refractivity contribution in [3.05, 3.63) is 30.1 Å². The first-order valence-electron chi connectivity index (χ1n) is 6.62. The van der Waals surface area contributed by atoms with Crippen molar-refractivity contribution in [2.75, 3.05) is 0 Å². The van der Waals surface area contributed by atoms with E-state index >= 15 is 0 Å². The van der Waals surface area contributed by atoms with Crippen LogP contribution in [0.1, 0.15) is 31.2 Å². The van der Waals surface area contributed by atoms with Crippen LogP contribution >= 0.6 is 0 Å². The minimum Gasteiger partial charge on any atom is -0.393 e. The number of fused-ring (bicyclic) bond motifs is 2. The van der Waals surface area contributed by atoms with Gasteiger partial charge in [0.2, 0.25) is 5.91 Å². The third-order valence-electron chi connectivity index (χ3n) is 4.07. The van der Waals surface area contributed by atoms with Crippen LogP contribution in [0, 0.1) is 0 Å². The van der Waals surface area contributed by atoms with Crippen molar-refractivity contribution in [1.29, 1.82) is 0 Å². The molecule has 3 heterocycles. The van der Waals surface area contributed by atoms with Gasteiger partial charge in [0.15, 0.2) is 0 Å². The number of carbonyl (C=O) groups excluding carboxylic acids is 1. The summed E-state index contributed by atoms with van der Waals surface area (Å²) >= 11 is 0. The van der Waals surface area contributed by atoms with E-state index < -0.39 is 0 Å². The molecule has 1 amide bonds. The Morgan fingerprint density at radius 2 is 2.11 bits per heavy atom. The SMILES string of the molecule is O=C(Cc1cccnc1)N1C2CCC1CC(O)C2. The van der Waals surface area contributed by atoms with Crippen molar-refractivity contribution < 1.29 is 9.90 Å². The molecule has 2 aliphatic heterocycles. The molecule has 96 valence electrons. The lowest BCUT2D eigenvalue weighted by atomic mass is 9.99. The van der Waals surface area contributed by atoms with Gasteiger partial charge in [-0.05, 0) is 37.3 Å². The average molecular weight is 246 g/mol. The molecular formula is C14H18N2O2. The first kappa shape index (κ1) is 11.7. The number of carbonyl (C=O) groups is 1. The number of nitrogens with zero attached hydrogens (tertiary/aromatic N) is 2. The maximum absolute atomic E-state index is 12.4. The Hall–Kier alpha value is -1.42. The Bertz CT molecular complexity index is 421. The van der Waals surface area contributed by atoms with Gasteiger partial charge in [0.25, 0.3) is 0 Å². The lowest BCUT2D eigenvalue weighted by molar-refractivity contribution is -0.136. The quantitative estimate of drug-likeness (QED) is 0.851. The van der Waals surface area contributed by atoms with Crippen molar-refractivity contribution >= 4 is 5.91 Å². The number of amides is 1. The van der Waals surface area contributed by atoms with E-state index in [1.54, 1.807) is 12.4 Å². The molecule has 18 heavy (non-hydrogen) atoms. The van der Waals surface area contributed by atoms with Crippen LogP contribution in [0.2, 0.25) is 0 Å². The van der Waals surface area contributed by atoms with E-state index in [4.69, 9.17) is 0 Å². The van der Waals surface area contributed by atoms with Gasteiger partial charge in [0.1, 0.15) is 0 Å². The van der Waals surface area contributed by atoms with Gasteiger partial charge in [-0.1, -0.05) is 6.07 Å². The van der Waals surface area contributed by atoms with Crippen LogP contribution in [0.15, 0.2) is 24.5 Å². The summed E-state index contributed by atoms with van der Waals surface area (Å²) in [6, 6.07) is 4.30. The molecule has 2 fully saturated rings. The lowest BCUT2D eigenvalue weighted by Gasteiger charge is -2.37. The zero-order valence-corrected chi connectivity index (χ0v) is 10.3. The predicted molar refractivity (Wildman–Crippen MR) is 66.8 cm³/mol. The average Bonchev–Trinajstić information content (AvgIpc) is 2.63. The summed E-state index contributed by atoms with van der Waals surface area (Å²) in [6.07, 6.45) is 7.25. The molecule has 2 unspecified atom stereocenters. The zero-order chi connectivity index (χ0) is 12.5. The number of hydrogen-bond acceptors (Lipinski definition) is 3. The second-order valence-corrected chi connectivity index (χ2v) is 5.35. The molecule has 0 saturated carbocycles. The molecule has 4 nitrogen and oxygen atoms in total. The van der Waals surface area contributed by atoms with Crippen LogP contribution in [-0.2, 0) is 11.2 Å². The van der Waals surface area contributed by atoms with Gasteiger partial charge in [0, 0.05) is 24.5 Å². The minimum atomic E-state index is -0.218. The van der Waals surface area contributed by atoms with Gasteiger partial charge in [0.05, 0.1) is 12.5 Å². The molecule has 3 rings (SSSR count). The molecule has 4 heteroatoms. The Balaban J connectivity index is 1.70. The molecule has 2 atom stereocenters. The lowest BCUT2D eigenvalue weighted by Crippen LogP contribution is -2.48. The summed E-state index contributed by atoms with van der Waals surface area (Å²) in [5.41, 5.74) is 0.966. The Morgan fingerprint density at radius 1 is 1.39 bits per heavy atom. The van der Waals surface area contributed by atoms with E-state index in [1.807, 2.05) is 17.0 Å². The summed E-state index contributed by atoms with van der Waals surface area (Å²) in [4.78, 5) is 18.4. The fourth-order valence-corrected chi connectivity index (χ4v) is 3.32. The molecule has 1 aromatic heterocycles. The molecule has 0 aliphatic carbocycles. The van der Waals surface area contributed by atoms with E-state index in [0.29, 0.717) is 6.42 Å². The topological polar surface area (TPSA) is 53.4 Å². The van der Waals surface area contributed by atoms with Gasteiger partial charge in [-0.15, -0.1) is 0 Å². The maximum atomic E-state index is 12.4. The molecule has 0 aromatic carbocycles. The molecule has 1 N–H and O–H groups in total. The molecule has 2 saturated heterocycles. The van der Waals surface area contributed by atoms with Crippen LogP contribution in [0.5, 0.6) is 0 Å². The fraction of sp³-hybridized carbons (Fsp3) is 0.571. The molecular weight excluding hydrogens is 228 g/mol. The standard InChI is InChI=1S/C14H18N2O2/c17-13-7-11-3-4-12(8-13)16(11)14(18)6-10-2-1-5-15-9-10/h1-2,5,9,11-13,17H,3-4,6-8H2. The monoisotopic (exact) mass is 246 g/mol. The summed E-state index contributed by atoms with van der Waals surface area (Å²) in [7, 11) is 0. The maximum Gasteiger partial charge on any atom is 0.227 e. The van der Waals surface area contributed by atoms with Crippen LogP contribution in [-0.4, -0.2) is 39.1 Å². The van der Waals surface area contributed by atoms with Crippen molar-refractivity contribution in [2.45, 2.75) is 50.3 Å². The Morgan fingerprint density at radius 3 is 2.72 bits per heavy atom. The highest BCUT2D eigenvalue weighted by Crippen LogP contribution is 2.36. The van der Waals surface area contributed by atoms with Crippen molar-refractivity contribution in [3.63, 3.8) is 0 Å². The van der Waals surface area contributed by atoms with Gasteiger partial charge >= 0.3 is 0 Å².